The van der Waals surface area contributed by atoms with Crippen LogP contribution in [-0.2, 0) is 0 Å². The standard InChI is InChI=1S/C18H11BrCl2N6O/c19-12-3-1-10(2-4-12)18-25-24-16-6-5-15(26-27(16)18)23-22-9-11-7-13(20)8-14(21)17(11)28/h1-9,28H,(H,23,26)/b22-9+. The van der Waals surface area contributed by atoms with E-state index in [1.165, 1.54) is 12.3 Å². The summed E-state index contributed by atoms with van der Waals surface area (Å²) in [5.41, 5.74) is 4.67. The van der Waals surface area contributed by atoms with E-state index in [-0.39, 0.29) is 10.8 Å². The van der Waals surface area contributed by atoms with Crippen molar-refractivity contribution in [2.24, 2.45) is 5.10 Å². The smallest absolute Gasteiger partial charge is 0.185 e. The predicted molar refractivity (Wildman–Crippen MR) is 113 cm³/mol. The number of hydrogen-bond acceptors (Lipinski definition) is 6. The number of phenols is 1. The maximum absolute atomic E-state index is 9.97. The van der Waals surface area contributed by atoms with Crippen molar-refractivity contribution in [3.63, 3.8) is 0 Å². The molecule has 4 aromatic rings. The molecule has 28 heavy (non-hydrogen) atoms. The van der Waals surface area contributed by atoms with Crippen LogP contribution in [0.2, 0.25) is 10.0 Å². The van der Waals surface area contributed by atoms with E-state index in [9.17, 15) is 5.11 Å². The lowest BCUT2D eigenvalue weighted by Gasteiger charge is -2.04. The Balaban J connectivity index is 1.62. The summed E-state index contributed by atoms with van der Waals surface area (Å²) in [7, 11) is 0. The topological polar surface area (TPSA) is 87.7 Å². The first-order valence-corrected chi connectivity index (χ1v) is 9.51. The van der Waals surface area contributed by atoms with Gasteiger partial charge in [-0.2, -0.15) is 9.62 Å². The van der Waals surface area contributed by atoms with Crippen molar-refractivity contribution in [2.75, 3.05) is 5.43 Å². The number of hydrazone groups is 1. The molecule has 0 aliphatic heterocycles. The van der Waals surface area contributed by atoms with Crippen LogP contribution in [0.1, 0.15) is 5.56 Å². The molecule has 2 heterocycles. The molecule has 0 bridgehead atoms. The van der Waals surface area contributed by atoms with Crippen molar-refractivity contribution in [3.8, 4) is 17.1 Å². The number of aromatic hydroxyl groups is 1. The molecule has 0 fully saturated rings. The van der Waals surface area contributed by atoms with Gasteiger partial charge in [0.1, 0.15) is 5.75 Å². The fraction of sp³-hybridized carbons (Fsp3) is 0. The lowest BCUT2D eigenvalue weighted by molar-refractivity contribution is 0.475. The zero-order chi connectivity index (χ0) is 19.7. The van der Waals surface area contributed by atoms with Crippen molar-refractivity contribution in [2.45, 2.75) is 0 Å². The molecule has 7 nitrogen and oxygen atoms in total. The Morgan fingerprint density at radius 3 is 2.64 bits per heavy atom. The molecule has 0 unspecified atom stereocenters. The van der Waals surface area contributed by atoms with Crippen molar-refractivity contribution < 1.29 is 5.11 Å². The third kappa shape index (κ3) is 3.80. The van der Waals surface area contributed by atoms with Gasteiger partial charge in [0.15, 0.2) is 17.3 Å². The molecular weight excluding hydrogens is 467 g/mol. The van der Waals surface area contributed by atoms with E-state index in [1.54, 1.807) is 22.7 Å². The lowest BCUT2D eigenvalue weighted by atomic mass is 10.2. The van der Waals surface area contributed by atoms with Gasteiger partial charge in [-0.15, -0.1) is 15.3 Å². The van der Waals surface area contributed by atoms with Gasteiger partial charge in [0.05, 0.1) is 11.2 Å². The number of nitrogens with one attached hydrogen (secondary N) is 1. The maximum atomic E-state index is 9.97. The molecule has 0 saturated carbocycles. The minimum absolute atomic E-state index is 0.101. The SMILES string of the molecule is Oc1c(Cl)cc(Cl)cc1/C=N/Nc1ccc2nnc(-c3ccc(Br)cc3)n2n1. The Morgan fingerprint density at radius 1 is 1.07 bits per heavy atom. The Labute approximate surface area is 177 Å². The van der Waals surface area contributed by atoms with E-state index >= 15 is 0 Å². The summed E-state index contributed by atoms with van der Waals surface area (Å²) in [6.45, 7) is 0. The van der Waals surface area contributed by atoms with Crippen LogP contribution in [0.4, 0.5) is 5.82 Å². The summed E-state index contributed by atoms with van der Waals surface area (Å²) in [4.78, 5) is 0. The van der Waals surface area contributed by atoms with E-state index in [0.717, 1.165) is 10.0 Å². The number of hydrogen-bond donors (Lipinski definition) is 2. The van der Waals surface area contributed by atoms with Gasteiger partial charge in [-0.3, -0.25) is 5.43 Å². The molecule has 0 spiro atoms. The normalized spacial score (nSPS) is 11.4. The molecule has 0 atom stereocenters. The van der Waals surface area contributed by atoms with E-state index in [0.29, 0.717) is 27.9 Å². The average Bonchev–Trinajstić information content (AvgIpc) is 3.09. The van der Waals surface area contributed by atoms with Crippen molar-refractivity contribution in [1.82, 2.24) is 19.8 Å². The van der Waals surface area contributed by atoms with Gasteiger partial charge in [0.2, 0.25) is 0 Å². The number of anilines is 1. The molecule has 2 N–H and O–H groups in total. The highest BCUT2D eigenvalue weighted by molar-refractivity contribution is 9.10. The molecule has 0 aliphatic rings. The average molecular weight is 478 g/mol. The van der Waals surface area contributed by atoms with Crippen LogP contribution in [-0.4, -0.2) is 31.1 Å². The van der Waals surface area contributed by atoms with Crippen LogP contribution in [0, 0.1) is 0 Å². The Bertz CT molecular complexity index is 1190. The summed E-state index contributed by atoms with van der Waals surface area (Å²) in [6, 6.07) is 14.2. The summed E-state index contributed by atoms with van der Waals surface area (Å²) in [6.07, 6.45) is 1.40. The van der Waals surface area contributed by atoms with E-state index in [1.807, 2.05) is 24.3 Å². The molecule has 0 amide bonds. The van der Waals surface area contributed by atoms with Crippen molar-refractivity contribution in [1.29, 1.82) is 0 Å². The number of rotatable bonds is 4. The van der Waals surface area contributed by atoms with Crippen LogP contribution >= 0.6 is 39.1 Å². The fourth-order valence-corrected chi connectivity index (χ4v) is 3.25. The molecule has 140 valence electrons. The zero-order valence-electron chi connectivity index (χ0n) is 14.0. The second-order valence-corrected chi connectivity index (χ2v) is 7.47. The summed E-state index contributed by atoms with van der Waals surface area (Å²) < 4.78 is 2.59. The molecular formula is C18H11BrCl2N6O. The molecule has 2 aromatic heterocycles. The van der Waals surface area contributed by atoms with Gasteiger partial charge in [0.25, 0.3) is 0 Å². The highest BCUT2D eigenvalue weighted by Crippen LogP contribution is 2.30. The molecule has 0 radical (unpaired) electrons. The number of nitrogens with zero attached hydrogens (tertiary/aromatic N) is 5. The Morgan fingerprint density at radius 2 is 1.86 bits per heavy atom. The van der Waals surface area contributed by atoms with Gasteiger partial charge >= 0.3 is 0 Å². The molecule has 2 aromatic carbocycles. The first-order chi connectivity index (χ1) is 13.5. The molecule has 0 saturated heterocycles. The van der Waals surface area contributed by atoms with Gasteiger partial charge in [-0.25, -0.2) is 0 Å². The van der Waals surface area contributed by atoms with Crippen LogP contribution in [0.5, 0.6) is 5.75 Å². The number of fused-ring (bicyclic) bond motifs is 1. The molecule has 10 heteroatoms. The van der Waals surface area contributed by atoms with Gasteiger partial charge in [-0.1, -0.05) is 51.3 Å². The maximum Gasteiger partial charge on any atom is 0.185 e. The number of benzene rings is 2. The number of aromatic nitrogens is 4. The van der Waals surface area contributed by atoms with Gasteiger partial charge < -0.3 is 5.11 Å². The largest absolute Gasteiger partial charge is 0.506 e. The first-order valence-electron chi connectivity index (χ1n) is 7.97. The minimum atomic E-state index is -0.101. The van der Waals surface area contributed by atoms with E-state index < -0.39 is 0 Å². The predicted octanol–water partition coefficient (Wildman–Crippen LogP) is 5.01. The molecule has 0 aliphatic carbocycles. The monoisotopic (exact) mass is 476 g/mol. The molecule has 4 rings (SSSR count). The van der Waals surface area contributed by atoms with Crippen LogP contribution < -0.4 is 5.43 Å². The van der Waals surface area contributed by atoms with Crippen LogP contribution in [0.3, 0.4) is 0 Å². The zero-order valence-corrected chi connectivity index (χ0v) is 17.1. The number of halogens is 3. The second-order valence-electron chi connectivity index (χ2n) is 5.71. The van der Waals surface area contributed by atoms with Crippen molar-refractivity contribution >= 4 is 56.8 Å². The fourth-order valence-electron chi connectivity index (χ4n) is 2.48. The third-order valence-corrected chi connectivity index (χ3v) is 4.84. The van der Waals surface area contributed by atoms with Crippen LogP contribution in [0.15, 0.2) is 58.1 Å². The summed E-state index contributed by atoms with van der Waals surface area (Å²) in [5.74, 6) is 0.972. The highest BCUT2D eigenvalue weighted by atomic mass is 79.9. The van der Waals surface area contributed by atoms with Gasteiger partial charge in [-0.05, 0) is 36.4 Å². The Kier molecular flexibility index (Phi) is 5.17. The van der Waals surface area contributed by atoms with Crippen molar-refractivity contribution in [3.05, 3.63) is 68.6 Å². The summed E-state index contributed by atoms with van der Waals surface area (Å²) in [5, 5.41) is 27.4. The van der Waals surface area contributed by atoms with E-state index in [2.05, 4.69) is 41.8 Å². The van der Waals surface area contributed by atoms with E-state index in [4.69, 9.17) is 23.2 Å². The van der Waals surface area contributed by atoms with Gasteiger partial charge in [0, 0.05) is 20.6 Å². The third-order valence-electron chi connectivity index (χ3n) is 3.81. The first kappa shape index (κ1) is 18.7. The highest BCUT2D eigenvalue weighted by Gasteiger charge is 2.10. The Hall–Kier alpha value is -2.68. The van der Waals surface area contributed by atoms with Crippen LogP contribution in [0.25, 0.3) is 17.0 Å². The lowest BCUT2D eigenvalue weighted by Crippen LogP contribution is -2.00. The summed E-state index contributed by atoms with van der Waals surface area (Å²) >= 11 is 15.3. The quantitative estimate of drug-likeness (QED) is 0.318. The second kappa shape index (κ2) is 7.75. The number of phenolic OH excluding ortho intramolecular Hbond substituents is 1. The minimum Gasteiger partial charge on any atom is -0.506 e.